The Kier molecular flexibility index (Phi) is 9.34. The lowest BCUT2D eigenvalue weighted by Crippen LogP contribution is -2.26. The van der Waals surface area contributed by atoms with E-state index >= 15 is 0 Å². The molecule has 8 heteroatoms. The number of rotatable bonds is 9. The molecule has 2 rings (SSSR count). The van der Waals surface area contributed by atoms with Crippen molar-refractivity contribution in [3.05, 3.63) is 51.0 Å². The number of nitrogens with zero attached hydrogens (tertiary/aromatic N) is 2. The van der Waals surface area contributed by atoms with E-state index in [1.54, 1.807) is 6.21 Å². The van der Waals surface area contributed by atoms with Crippen molar-refractivity contribution in [2.75, 3.05) is 29.7 Å². The van der Waals surface area contributed by atoms with Crippen LogP contribution in [0.25, 0.3) is 0 Å². The van der Waals surface area contributed by atoms with Gasteiger partial charge in [0.1, 0.15) is 0 Å². The number of aromatic hydroxyl groups is 1. The topological polar surface area (TPSA) is 35.8 Å². The summed E-state index contributed by atoms with van der Waals surface area (Å²) >= 11 is 29.9. The molecule has 0 atom stereocenters. The SMILES string of the molecule is Oc1c(Cl)cc(N=Cc2ccc(N(CCCCl)CCCCl)cc2Cl)cc1Cl. The van der Waals surface area contributed by atoms with Crippen LogP contribution < -0.4 is 4.90 Å². The number of hydrogen-bond acceptors (Lipinski definition) is 3. The summed E-state index contributed by atoms with van der Waals surface area (Å²) in [5.74, 6) is 1.05. The molecule has 0 radical (unpaired) electrons. The fraction of sp³-hybridized carbons (Fsp3) is 0.316. The highest BCUT2D eigenvalue weighted by Crippen LogP contribution is 2.35. The van der Waals surface area contributed by atoms with Gasteiger partial charge in [-0.05, 0) is 43.2 Å². The van der Waals surface area contributed by atoms with Crippen molar-refractivity contribution < 1.29 is 5.11 Å². The van der Waals surface area contributed by atoms with Crippen LogP contribution in [0.2, 0.25) is 15.1 Å². The van der Waals surface area contributed by atoms with Gasteiger partial charge >= 0.3 is 0 Å². The molecule has 0 aliphatic carbocycles. The Hall–Kier alpha value is -0.840. The maximum atomic E-state index is 9.61. The second-order valence-corrected chi connectivity index (χ2v) is 7.77. The molecule has 0 aromatic heterocycles. The first kappa shape index (κ1) is 22.4. The van der Waals surface area contributed by atoms with Crippen LogP contribution in [-0.2, 0) is 0 Å². The number of phenols is 1. The Morgan fingerprint density at radius 2 is 1.48 bits per heavy atom. The summed E-state index contributed by atoms with van der Waals surface area (Å²) in [4.78, 5) is 6.56. The highest BCUT2D eigenvalue weighted by Gasteiger charge is 2.09. The Bertz CT molecular complexity index is 767. The molecule has 0 bridgehead atoms. The van der Waals surface area contributed by atoms with Crippen LogP contribution in [0.15, 0.2) is 35.3 Å². The standard InChI is InChI=1S/C19H19Cl5N2O/c20-5-1-7-26(8-2-6-21)15-4-3-13(16(22)11-15)12-25-14-9-17(23)19(27)18(24)10-14/h3-4,9-12,27H,1-2,5-8H2. The summed E-state index contributed by atoms with van der Waals surface area (Å²) in [5.41, 5.74) is 2.30. The van der Waals surface area contributed by atoms with Gasteiger partial charge in [0, 0.05) is 42.3 Å². The number of phenolic OH excluding ortho intramolecular Hbond substituents is 1. The Balaban J connectivity index is 2.19. The molecule has 3 nitrogen and oxygen atoms in total. The minimum absolute atomic E-state index is 0.144. The summed E-state index contributed by atoms with van der Waals surface area (Å²) in [6.45, 7) is 1.68. The third-order valence-corrected chi connectivity index (χ3v) is 5.26. The van der Waals surface area contributed by atoms with Crippen molar-refractivity contribution in [3.63, 3.8) is 0 Å². The average Bonchev–Trinajstić information content (AvgIpc) is 2.65. The van der Waals surface area contributed by atoms with E-state index in [0.717, 1.165) is 37.2 Å². The predicted octanol–water partition coefficient (Wildman–Crippen LogP) is 7.17. The molecule has 27 heavy (non-hydrogen) atoms. The minimum Gasteiger partial charge on any atom is -0.505 e. The summed E-state index contributed by atoms with van der Waals surface area (Å²) in [6, 6.07) is 8.86. The van der Waals surface area contributed by atoms with Crippen LogP contribution in [0.1, 0.15) is 18.4 Å². The fourth-order valence-corrected chi connectivity index (χ4v) is 3.40. The van der Waals surface area contributed by atoms with E-state index in [-0.39, 0.29) is 15.8 Å². The third-order valence-electron chi connectivity index (χ3n) is 3.83. The average molecular weight is 469 g/mol. The van der Waals surface area contributed by atoms with Crippen LogP contribution in [-0.4, -0.2) is 36.2 Å². The fourth-order valence-electron chi connectivity index (χ4n) is 2.46. The van der Waals surface area contributed by atoms with Gasteiger partial charge in [0.15, 0.2) is 5.75 Å². The van der Waals surface area contributed by atoms with Gasteiger partial charge in [0.05, 0.1) is 20.8 Å². The Morgan fingerprint density at radius 1 is 0.889 bits per heavy atom. The van der Waals surface area contributed by atoms with Gasteiger partial charge in [-0.1, -0.05) is 34.8 Å². The number of alkyl halides is 2. The molecule has 1 N–H and O–H groups in total. The molecule has 0 amide bonds. The molecular formula is C19H19Cl5N2O. The van der Waals surface area contributed by atoms with Gasteiger partial charge in [0.2, 0.25) is 0 Å². The molecule has 0 aliphatic rings. The van der Waals surface area contributed by atoms with Gasteiger partial charge in [-0.15, -0.1) is 23.2 Å². The van der Waals surface area contributed by atoms with E-state index in [2.05, 4.69) is 9.89 Å². The lowest BCUT2D eigenvalue weighted by atomic mass is 10.2. The van der Waals surface area contributed by atoms with Gasteiger partial charge < -0.3 is 10.0 Å². The zero-order valence-electron chi connectivity index (χ0n) is 14.4. The lowest BCUT2D eigenvalue weighted by Gasteiger charge is -2.24. The quantitative estimate of drug-likeness (QED) is 0.313. The van der Waals surface area contributed by atoms with Gasteiger partial charge in [0.25, 0.3) is 0 Å². The monoisotopic (exact) mass is 466 g/mol. The van der Waals surface area contributed by atoms with Crippen LogP contribution in [0.5, 0.6) is 5.75 Å². The molecule has 0 saturated heterocycles. The highest BCUT2D eigenvalue weighted by molar-refractivity contribution is 6.37. The number of aliphatic imine (C=N–C) groups is 1. The molecule has 0 heterocycles. The van der Waals surface area contributed by atoms with Gasteiger partial charge in [-0.25, -0.2) is 0 Å². The maximum Gasteiger partial charge on any atom is 0.152 e. The van der Waals surface area contributed by atoms with E-state index < -0.39 is 0 Å². The van der Waals surface area contributed by atoms with Crippen molar-refractivity contribution in [2.45, 2.75) is 12.8 Å². The molecule has 0 spiro atoms. The van der Waals surface area contributed by atoms with Crippen LogP contribution >= 0.6 is 58.0 Å². The van der Waals surface area contributed by atoms with E-state index in [9.17, 15) is 5.11 Å². The van der Waals surface area contributed by atoms with Crippen molar-refractivity contribution in [2.24, 2.45) is 4.99 Å². The van der Waals surface area contributed by atoms with E-state index in [0.29, 0.717) is 22.5 Å². The van der Waals surface area contributed by atoms with Crippen LogP contribution in [0.4, 0.5) is 11.4 Å². The maximum absolute atomic E-state index is 9.61. The smallest absolute Gasteiger partial charge is 0.152 e. The van der Waals surface area contributed by atoms with E-state index in [1.807, 2.05) is 18.2 Å². The lowest BCUT2D eigenvalue weighted by molar-refractivity contribution is 0.476. The predicted molar refractivity (Wildman–Crippen MR) is 120 cm³/mol. The summed E-state index contributed by atoms with van der Waals surface area (Å²) in [6.07, 6.45) is 3.40. The van der Waals surface area contributed by atoms with Crippen LogP contribution in [0.3, 0.4) is 0 Å². The third kappa shape index (κ3) is 6.62. The first-order valence-corrected chi connectivity index (χ1v) is 10.5. The van der Waals surface area contributed by atoms with Crippen molar-refractivity contribution in [3.8, 4) is 5.75 Å². The van der Waals surface area contributed by atoms with E-state index in [4.69, 9.17) is 58.0 Å². The first-order valence-electron chi connectivity index (χ1n) is 8.34. The number of halogens is 5. The first-order chi connectivity index (χ1) is 13.0. The zero-order chi connectivity index (χ0) is 19.8. The van der Waals surface area contributed by atoms with Crippen molar-refractivity contribution in [1.29, 1.82) is 0 Å². The minimum atomic E-state index is -0.159. The Labute approximate surface area is 184 Å². The summed E-state index contributed by atoms with van der Waals surface area (Å²) in [7, 11) is 0. The second-order valence-electron chi connectivity index (χ2n) is 5.79. The molecule has 2 aromatic carbocycles. The number of hydrogen-bond donors (Lipinski definition) is 1. The van der Waals surface area contributed by atoms with Crippen LogP contribution in [0, 0.1) is 0 Å². The number of benzene rings is 2. The second kappa shape index (κ2) is 11.2. The van der Waals surface area contributed by atoms with E-state index in [1.165, 1.54) is 12.1 Å². The molecule has 0 saturated carbocycles. The van der Waals surface area contributed by atoms with Gasteiger partial charge in [-0.3, -0.25) is 4.99 Å². The summed E-state index contributed by atoms with van der Waals surface area (Å²) in [5, 5.41) is 10.5. The van der Waals surface area contributed by atoms with Crippen molar-refractivity contribution in [1.82, 2.24) is 0 Å². The van der Waals surface area contributed by atoms with Crippen molar-refractivity contribution >= 4 is 75.6 Å². The zero-order valence-corrected chi connectivity index (χ0v) is 18.2. The molecule has 2 aromatic rings. The number of anilines is 1. The Morgan fingerprint density at radius 3 is 2.00 bits per heavy atom. The molecule has 146 valence electrons. The molecular weight excluding hydrogens is 449 g/mol. The molecule has 0 aliphatic heterocycles. The highest BCUT2D eigenvalue weighted by atomic mass is 35.5. The largest absolute Gasteiger partial charge is 0.505 e. The molecule has 0 unspecified atom stereocenters. The van der Waals surface area contributed by atoms with Gasteiger partial charge in [-0.2, -0.15) is 0 Å². The summed E-state index contributed by atoms with van der Waals surface area (Å²) < 4.78 is 0. The normalized spacial score (nSPS) is 11.3. The molecule has 0 fully saturated rings.